The molecule has 4 nitrogen and oxygen atoms in total. The Labute approximate surface area is 116 Å². The Morgan fingerprint density at radius 1 is 1.05 bits per heavy atom. The number of piperidine rings is 1. The topological polar surface area (TPSA) is 43.8 Å². The van der Waals surface area contributed by atoms with Crippen molar-refractivity contribution in [2.75, 3.05) is 39.3 Å². The van der Waals surface area contributed by atoms with Gasteiger partial charge in [-0.2, -0.15) is 0 Å². The van der Waals surface area contributed by atoms with Crippen LogP contribution in [0.3, 0.4) is 0 Å². The van der Waals surface area contributed by atoms with Gasteiger partial charge in [0.2, 0.25) is 0 Å². The maximum atomic E-state index is 11.4. The minimum atomic E-state index is -0.591. The van der Waals surface area contributed by atoms with Gasteiger partial charge in [-0.25, -0.2) is 0 Å². The number of aliphatic carboxylic acids is 1. The van der Waals surface area contributed by atoms with E-state index < -0.39 is 11.4 Å². The Morgan fingerprint density at radius 3 is 2.05 bits per heavy atom. The summed E-state index contributed by atoms with van der Waals surface area (Å²) in [5, 5.41) is 9.37. The van der Waals surface area contributed by atoms with Crippen LogP contribution in [0.5, 0.6) is 0 Å². The molecule has 2 aliphatic heterocycles. The molecule has 0 spiro atoms. The molecule has 0 radical (unpaired) electrons. The number of hydrogen-bond donors (Lipinski definition) is 1. The molecule has 2 rings (SSSR count). The standard InChI is InChI=1S/C15H28N2O2/c1-2-15(14(18)19)6-12-17(13-7-15)11-5-10-16-8-3-4-9-16/h2-13H2,1H3,(H,18,19). The van der Waals surface area contributed by atoms with E-state index in [1.54, 1.807) is 0 Å². The number of carboxylic acids is 1. The molecule has 19 heavy (non-hydrogen) atoms. The van der Waals surface area contributed by atoms with Crippen LogP contribution in [0.2, 0.25) is 0 Å². The van der Waals surface area contributed by atoms with Crippen LogP contribution in [-0.2, 0) is 4.79 Å². The summed E-state index contributed by atoms with van der Waals surface area (Å²) in [6.45, 7) is 8.83. The van der Waals surface area contributed by atoms with E-state index in [0.717, 1.165) is 38.9 Å². The maximum Gasteiger partial charge on any atom is 0.309 e. The SMILES string of the molecule is CCC1(C(=O)O)CCN(CCCN2CCCC2)CC1. The van der Waals surface area contributed by atoms with Crippen LogP contribution in [0.25, 0.3) is 0 Å². The molecule has 0 aromatic heterocycles. The zero-order chi connectivity index (χ0) is 13.7. The van der Waals surface area contributed by atoms with E-state index in [4.69, 9.17) is 0 Å². The third-order valence-electron chi connectivity index (χ3n) is 5.09. The summed E-state index contributed by atoms with van der Waals surface area (Å²) in [4.78, 5) is 16.4. The number of carbonyl (C=O) groups is 1. The molecule has 1 N–H and O–H groups in total. The Balaban J connectivity index is 1.66. The van der Waals surface area contributed by atoms with E-state index in [1.165, 1.54) is 38.9 Å². The van der Waals surface area contributed by atoms with Crippen LogP contribution in [0.4, 0.5) is 0 Å². The van der Waals surface area contributed by atoms with Crippen molar-refractivity contribution >= 4 is 5.97 Å². The minimum absolute atomic E-state index is 0.439. The molecule has 0 saturated carbocycles. The number of carboxylic acid groups (broad SMARTS) is 1. The van der Waals surface area contributed by atoms with Gasteiger partial charge in [0.1, 0.15) is 0 Å². The van der Waals surface area contributed by atoms with Crippen molar-refractivity contribution < 1.29 is 9.90 Å². The van der Waals surface area contributed by atoms with Crippen LogP contribution in [0.1, 0.15) is 45.4 Å². The predicted octanol–water partition coefficient (Wildman–Crippen LogP) is 2.05. The van der Waals surface area contributed by atoms with Crippen molar-refractivity contribution in [2.45, 2.75) is 45.4 Å². The molecule has 4 heteroatoms. The highest BCUT2D eigenvalue weighted by Crippen LogP contribution is 2.35. The van der Waals surface area contributed by atoms with Gasteiger partial charge in [-0.1, -0.05) is 6.92 Å². The third-order valence-corrected chi connectivity index (χ3v) is 5.09. The van der Waals surface area contributed by atoms with E-state index in [1.807, 2.05) is 6.92 Å². The first-order chi connectivity index (χ1) is 9.16. The predicted molar refractivity (Wildman–Crippen MR) is 76.3 cm³/mol. The van der Waals surface area contributed by atoms with Crippen molar-refractivity contribution in [3.05, 3.63) is 0 Å². The van der Waals surface area contributed by atoms with Crippen molar-refractivity contribution in [3.8, 4) is 0 Å². The number of rotatable bonds is 6. The second-order valence-electron chi connectivity index (χ2n) is 6.18. The summed E-state index contributed by atoms with van der Waals surface area (Å²) in [6, 6.07) is 0. The summed E-state index contributed by atoms with van der Waals surface area (Å²) in [7, 11) is 0. The molecule has 0 aromatic carbocycles. The Bertz CT molecular complexity index is 293. The van der Waals surface area contributed by atoms with Crippen molar-refractivity contribution in [2.24, 2.45) is 5.41 Å². The highest BCUT2D eigenvalue weighted by molar-refractivity contribution is 5.74. The number of nitrogens with zero attached hydrogens (tertiary/aromatic N) is 2. The lowest BCUT2D eigenvalue weighted by Crippen LogP contribution is -2.44. The van der Waals surface area contributed by atoms with Gasteiger partial charge in [-0.15, -0.1) is 0 Å². The molecular weight excluding hydrogens is 240 g/mol. The van der Waals surface area contributed by atoms with E-state index in [-0.39, 0.29) is 0 Å². The fourth-order valence-electron chi connectivity index (χ4n) is 3.45. The van der Waals surface area contributed by atoms with Crippen molar-refractivity contribution in [1.29, 1.82) is 0 Å². The van der Waals surface area contributed by atoms with Crippen molar-refractivity contribution in [3.63, 3.8) is 0 Å². The summed E-state index contributed by atoms with van der Waals surface area (Å²) in [5.74, 6) is -0.591. The van der Waals surface area contributed by atoms with Crippen LogP contribution < -0.4 is 0 Å². The van der Waals surface area contributed by atoms with Crippen LogP contribution in [0.15, 0.2) is 0 Å². The van der Waals surface area contributed by atoms with Crippen LogP contribution in [0, 0.1) is 5.41 Å². The second kappa shape index (κ2) is 6.71. The lowest BCUT2D eigenvalue weighted by molar-refractivity contribution is -0.152. The molecule has 2 fully saturated rings. The largest absolute Gasteiger partial charge is 0.481 e. The van der Waals surface area contributed by atoms with E-state index >= 15 is 0 Å². The zero-order valence-corrected chi connectivity index (χ0v) is 12.2. The van der Waals surface area contributed by atoms with Crippen LogP contribution in [-0.4, -0.2) is 60.1 Å². The molecule has 0 unspecified atom stereocenters. The molecule has 2 heterocycles. The average Bonchev–Trinajstić information content (AvgIpc) is 2.92. The summed E-state index contributed by atoms with van der Waals surface area (Å²) in [5.41, 5.74) is -0.439. The second-order valence-corrected chi connectivity index (χ2v) is 6.18. The van der Waals surface area contributed by atoms with Gasteiger partial charge in [-0.05, 0) is 77.8 Å². The Kier molecular flexibility index (Phi) is 5.22. The van der Waals surface area contributed by atoms with Gasteiger partial charge in [0, 0.05) is 0 Å². The fourth-order valence-corrected chi connectivity index (χ4v) is 3.45. The smallest absolute Gasteiger partial charge is 0.309 e. The molecule has 0 aliphatic carbocycles. The number of likely N-dealkylation sites (tertiary alicyclic amines) is 2. The average molecular weight is 268 g/mol. The summed E-state index contributed by atoms with van der Waals surface area (Å²) >= 11 is 0. The Hall–Kier alpha value is -0.610. The molecule has 110 valence electrons. The molecular formula is C15H28N2O2. The van der Waals surface area contributed by atoms with Gasteiger partial charge in [-0.3, -0.25) is 4.79 Å². The molecule has 0 atom stereocenters. The van der Waals surface area contributed by atoms with E-state index in [9.17, 15) is 9.90 Å². The van der Waals surface area contributed by atoms with Crippen LogP contribution >= 0.6 is 0 Å². The first kappa shape index (κ1) is 14.8. The zero-order valence-electron chi connectivity index (χ0n) is 12.2. The maximum absolute atomic E-state index is 11.4. The molecule has 0 amide bonds. The quantitative estimate of drug-likeness (QED) is 0.801. The van der Waals surface area contributed by atoms with Gasteiger partial charge in [0.15, 0.2) is 0 Å². The lowest BCUT2D eigenvalue weighted by Gasteiger charge is -2.38. The third kappa shape index (κ3) is 3.69. The number of hydrogen-bond acceptors (Lipinski definition) is 3. The normalized spacial score (nSPS) is 24.7. The Morgan fingerprint density at radius 2 is 1.58 bits per heavy atom. The molecule has 0 aromatic rings. The van der Waals surface area contributed by atoms with Gasteiger partial charge >= 0.3 is 5.97 Å². The fraction of sp³-hybridized carbons (Fsp3) is 0.933. The highest BCUT2D eigenvalue weighted by Gasteiger charge is 2.39. The minimum Gasteiger partial charge on any atom is -0.481 e. The van der Waals surface area contributed by atoms with Gasteiger partial charge < -0.3 is 14.9 Å². The highest BCUT2D eigenvalue weighted by atomic mass is 16.4. The summed E-state index contributed by atoms with van der Waals surface area (Å²) in [6.07, 6.45) is 6.37. The van der Waals surface area contributed by atoms with E-state index in [2.05, 4.69) is 9.80 Å². The summed E-state index contributed by atoms with van der Waals surface area (Å²) < 4.78 is 0. The van der Waals surface area contributed by atoms with Crippen molar-refractivity contribution in [1.82, 2.24) is 9.80 Å². The van der Waals surface area contributed by atoms with Gasteiger partial charge in [0.25, 0.3) is 0 Å². The molecule has 2 aliphatic rings. The van der Waals surface area contributed by atoms with E-state index in [0.29, 0.717) is 0 Å². The molecule has 0 bridgehead atoms. The molecule has 2 saturated heterocycles. The first-order valence-corrected chi connectivity index (χ1v) is 7.84. The lowest BCUT2D eigenvalue weighted by atomic mass is 9.76. The first-order valence-electron chi connectivity index (χ1n) is 7.84. The van der Waals surface area contributed by atoms with Gasteiger partial charge in [0.05, 0.1) is 5.41 Å². The monoisotopic (exact) mass is 268 g/mol.